The second-order valence-corrected chi connectivity index (χ2v) is 6.31. The Morgan fingerprint density at radius 1 is 1.15 bits per heavy atom. The number of hydrogen-bond donors (Lipinski definition) is 1. The van der Waals surface area contributed by atoms with Crippen LogP contribution < -0.4 is 5.32 Å². The lowest BCUT2D eigenvalue weighted by molar-refractivity contribution is -0.141. The third kappa shape index (κ3) is 3.00. The van der Waals surface area contributed by atoms with Gasteiger partial charge >= 0.3 is 0 Å². The zero-order valence-electron chi connectivity index (χ0n) is 12.5. The summed E-state index contributed by atoms with van der Waals surface area (Å²) in [5, 5.41) is 3.30. The third-order valence-corrected chi connectivity index (χ3v) is 5.05. The highest BCUT2D eigenvalue weighted by Crippen LogP contribution is 2.24. The average Bonchev–Trinajstić information content (AvgIpc) is 3.01. The molecule has 1 amide bonds. The number of hydrogen-bond acceptors (Lipinski definition) is 4. The summed E-state index contributed by atoms with van der Waals surface area (Å²) in [5.41, 5.74) is 0. The van der Waals surface area contributed by atoms with Gasteiger partial charge in [-0.3, -0.25) is 9.69 Å². The Labute approximate surface area is 121 Å². The summed E-state index contributed by atoms with van der Waals surface area (Å²) in [6, 6.07) is 0.629. The number of morpholine rings is 1. The Morgan fingerprint density at radius 3 is 2.50 bits per heavy atom. The van der Waals surface area contributed by atoms with Gasteiger partial charge in [0.1, 0.15) is 6.04 Å². The van der Waals surface area contributed by atoms with Crippen molar-refractivity contribution in [3.8, 4) is 0 Å². The Balaban J connectivity index is 1.50. The molecule has 0 aromatic heterocycles. The van der Waals surface area contributed by atoms with Crippen molar-refractivity contribution in [2.24, 2.45) is 0 Å². The van der Waals surface area contributed by atoms with E-state index in [1.54, 1.807) is 0 Å². The molecule has 2 atom stereocenters. The maximum absolute atomic E-state index is 12.6. The molecule has 0 unspecified atom stereocenters. The maximum Gasteiger partial charge on any atom is 0.242 e. The van der Waals surface area contributed by atoms with E-state index in [1.165, 1.54) is 25.7 Å². The molecule has 3 fully saturated rings. The molecule has 1 N–H and O–H groups in total. The highest BCUT2D eigenvalue weighted by atomic mass is 16.5. The first-order chi connectivity index (χ1) is 9.75. The molecule has 3 aliphatic rings. The van der Waals surface area contributed by atoms with Crippen LogP contribution in [0.5, 0.6) is 0 Å². The standard InChI is InChI=1S/C15H27N3O2/c1-12-14(16-6-11-20-12)15(19)18-9-7-17(8-10-18)13-4-2-3-5-13/h12-14,16H,2-11H2,1H3/t12-,14+/m1/s1. The summed E-state index contributed by atoms with van der Waals surface area (Å²) in [7, 11) is 0. The first kappa shape index (κ1) is 14.3. The van der Waals surface area contributed by atoms with Crippen LogP contribution in [0, 0.1) is 0 Å². The molecule has 0 radical (unpaired) electrons. The van der Waals surface area contributed by atoms with Crippen molar-refractivity contribution in [2.75, 3.05) is 39.3 Å². The molecule has 1 saturated carbocycles. The summed E-state index contributed by atoms with van der Waals surface area (Å²) in [6.07, 6.45) is 5.45. The lowest BCUT2D eigenvalue weighted by Crippen LogP contribution is -2.60. The molecular weight excluding hydrogens is 254 g/mol. The first-order valence-corrected chi connectivity index (χ1v) is 8.13. The molecule has 0 bridgehead atoms. The van der Waals surface area contributed by atoms with Gasteiger partial charge < -0.3 is 15.0 Å². The van der Waals surface area contributed by atoms with E-state index in [1.807, 2.05) is 11.8 Å². The summed E-state index contributed by atoms with van der Waals surface area (Å²) >= 11 is 0. The summed E-state index contributed by atoms with van der Waals surface area (Å²) in [5.74, 6) is 0.225. The zero-order chi connectivity index (χ0) is 13.9. The van der Waals surface area contributed by atoms with Crippen LogP contribution in [0.25, 0.3) is 0 Å². The van der Waals surface area contributed by atoms with Gasteiger partial charge in [-0.05, 0) is 19.8 Å². The lowest BCUT2D eigenvalue weighted by Gasteiger charge is -2.40. The largest absolute Gasteiger partial charge is 0.375 e. The van der Waals surface area contributed by atoms with Crippen molar-refractivity contribution in [2.45, 2.75) is 50.8 Å². The van der Waals surface area contributed by atoms with E-state index in [2.05, 4.69) is 10.2 Å². The van der Waals surface area contributed by atoms with Crippen LogP contribution in [-0.2, 0) is 9.53 Å². The van der Waals surface area contributed by atoms with Crippen LogP contribution in [0.15, 0.2) is 0 Å². The van der Waals surface area contributed by atoms with Gasteiger partial charge in [-0.15, -0.1) is 0 Å². The first-order valence-electron chi connectivity index (χ1n) is 8.13. The monoisotopic (exact) mass is 281 g/mol. The van der Waals surface area contributed by atoms with E-state index in [0.717, 1.165) is 38.8 Å². The molecule has 1 aliphatic carbocycles. The van der Waals surface area contributed by atoms with Gasteiger partial charge in [0.15, 0.2) is 0 Å². The van der Waals surface area contributed by atoms with Gasteiger partial charge in [-0.25, -0.2) is 0 Å². The molecule has 0 spiro atoms. The van der Waals surface area contributed by atoms with E-state index < -0.39 is 0 Å². The molecule has 0 aromatic carbocycles. The summed E-state index contributed by atoms with van der Waals surface area (Å²) < 4.78 is 5.58. The van der Waals surface area contributed by atoms with Gasteiger partial charge in [0.25, 0.3) is 0 Å². The molecule has 3 rings (SSSR count). The molecule has 114 valence electrons. The summed E-state index contributed by atoms with van der Waals surface area (Å²) in [4.78, 5) is 17.2. The van der Waals surface area contributed by atoms with E-state index in [0.29, 0.717) is 6.61 Å². The Kier molecular flexibility index (Phi) is 4.58. The van der Waals surface area contributed by atoms with Gasteiger partial charge in [0, 0.05) is 38.8 Å². The second kappa shape index (κ2) is 6.41. The fourth-order valence-electron chi connectivity index (χ4n) is 3.78. The number of piperazine rings is 1. The predicted octanol–water partition coefficient (Wildman–Crippen LogP) is 0.450. The molecule has 5 nitrogen and oxygen atoms in total. The normalized spacial score (nSPS) is 33.5. The molecule has 2 aliphatic heterocycles. The average molecular weight is 281 g/mol. The van der Waals surface area contributed by atoms with Crippen LogP contribution in [0.4, 0.5) is 0 Å². The van der Waals surface area contributed by atoms with Crippen molar-refractivity contribution in [1.82, 2.24) is 15.1 Å². The van der Waals surface area contributed by atoms with Crippen molar-refractivity contribution >= 4 is 5.91 Å². The molecule has 20 heavy (non-hydrogen) atoms. The van der Waals surface area contributed by atoms with Gasteiger partial charge in [-0.2, -0.15) is 0 Å². The Bertz CT molecular complexity index is 336. The topological polar surface area (TPSA) is 44.8 Å². The van der Waals surface area contributed by atoms with Crippen molar-refractivity contribution in [3.05, 3.63) is 0 Å². The highest BCUT2D eigenvalue weighted by molar-refractivity contribution is 5.82. The lowest BCUT2D eigenvalue weighted by atomic mass is 10.1. The molecule has 0 aromatic rings. The number of amides is 1. The molecule has 2 saturated heterocycles. The molecular formula is C15H27N3O2. The molecule has 5 heteroatoms. The van der Waals surface area contributed by atoms with Crippen molar-refractivity contribution in [3.63, 3.8) is 0 Å². The number of carbonyl (C=O) groups excluding carboxylic acids is 1. The fourth-order valence-corrected chi connectivity index (χ4v) is 3.78. The van der Waals surface area contributed by atoms with Gasteiger partial charge in [0.2, 0.25) is 5.91 Å². The minimum Gasteiger partial charge on any atom is -0.375 e. The van der Waals surface area contributed by atoms with E-state index in [4.69, 9.17) is 4.74 Å². The number of nitrogens with one attached hydrogen (secondary N) is 1. The van der Waals surface area contributed by atoms with Crippen molar-refractivity contribution < 1.29 is 9.53 Å². The number of rotatable bonds is 2. The molecule has 2 heterocycles. The van der Waals surface area contributed by atoms with Crippen LogP contribution in [-0.4, -0.2) is 73.2 Å². The SMILES string of the molecule is C[C@H]1OCCN[C@@H]1C(=O)N1CCN(C2CCCC2)CC1. The van der Waals surface area contributed by atoms with Crippen LogP contribution in [0.3, 0.4) is 0 Å². The van der Waals surface area contributed by atoms with Gasteiger partial charge in [0.05, 0.1) is 12.7 Å². The minimum atomic E-state index is -0.151. The summed E-state index contributed by atoms with van der Waals surface area (Å²) in [6.45, 7) is 7.31. The van der Waals surface area contributed by atoms with E-state index in [9.17, 15) is 4.79 Å². The fraction of sp³-hybridized carbons (Fsp3) is 0.933. The van der Waals surface area contributed by atoms with Crippen LogP contribution >= 0.6 is 0 Å². The maximum atomic E-state index is 12.6. The van der Waals surface area contributed by atoms with Crippen LogP contribution in [0.1, 0.15) is 32.6 Å². The zero-order valence-corrected chi connectivity index (χ0v) is 12.5. The van der Waals surface area contributed by atoms with Crippen molar-refractivity contribution in [1.29, 1.82) is 0 Å². The quantitative estimate of drug-likeness (QED) is 0.798. The number of carbonyl (C=O) groups is 1. The predicted molar refractivity (Wildman–Crippen MR) is 77.6 cm³/mol. The highest BCUT2D eigenvalue weighted by Gasteiger charge is 2.34. The van der Waals surface area contributed by atoms with Gasteiger partial charge in [-0.1, -0.05) is 12.8 Å². The third-order valence-electron chi connectivity index (χ3n) is 5.05. The Morgan fingerprint density at radius 2 is 1.85 bits per heavy atom. The smallest absolute Gasteiger partial charge is 0.242 e. The minimum absolute atomic E-state index is 0.0101. The number of ether oxygens (including phenoxy) is 1. The van der Waals surface area contributed by atoms with Crippen LogP contribution in [0.2, 0.25) is 0 Å². The number of nitrogens with zero attached hydrogens (tertiary/aromatic N) is 2. The van der Waals surface area contributed by atoms with E-state index >= 15 is 0 Å². The Hall–Kier alpha value is -0.650. The van der Waals surface area contributed by atoms with E-state index in [-0.39, 0.29) is 18.1 Å². The second-order valence-electron chi connectivity index (χ2n) is 6.31.